The maximum atomic E-state index is 6.15. The molecule has 0 N–H and O–H groups in total. The lowest BCUT2D eigenvalue weighted by atomic mass is 9.76. The fourth-order valence-electron chi connectivity index (χ4n) is 3.13. The third-order valence-corrected chi connectivity index (χ3v) is 4.11. The third-order valence-electron chi connectivity index (χ3n) is 4.11. The summed E-state index contributed by atoms with van der Waals surface area (Å²) < 4.78 is 17.5. The Labute approximate surface area is 108 Å². The molecule has 1 fully saturated rings. The molecule has 1 aromatic carbocycles. The van der Waals surface area contributed by atoms with Crippen LogP contribution in [0.2, 0.25) is 0 Å². The number of rotatable bonds is 1. The first-order valence-corrected chi connectivity index (χ1v) is 6.60. The minimum atomic E-state index is -0.160. The van der Waals surface area contributed by atoms with E-state index in [0.717, 1.165) is 36.5 Å². The predicted octanol–water partition coefficient (Wildman–Crippen LogP) is 3.33. The summed E-state index contributed by atoms with van der Waals surface area (Å²) in [6, 6.07) is 5.98. The molecule has 0 aliphatic carbocycles. The zero-order chi connectivity index (χ0) is 12.8. The molecule has 0 radical (unpaired) electrons. The summed E-state index contributed by atoms with van der Waals surface area (Å²) in [5, 5.41) is 0. The highest BCUT2D eigenvalue weighted by Crippen LogP contribution is 2.49. The van der Waals surface area contributed by atoms with Crippen LogP contribution in [0.4, 0.5) is 0 Å². The average Bonchev–Trinajstić information content (AvgIpc) is 2.38. The van der Waals surface area contributed by atoms with Crippen LogP contribution in [-0.2, 0) is 4.74 Å². The van der Waals surface area contributed by atoms with Gasteiger partial charge < -0.3 is 14.2 Å². The molecule has 0 bridgehead atoms. The molecule has 2 heterocycles. The van der Waals surface area contributed by atoms with Gasteiger partial charge in [0.25, 0.3) is 0 Å². The molecular weight excluding hydrogens is 228 g/mol. The molecule has 2 aliphatic rings. The zero-order valence-electron chi connectivity index (χ0n) is 11.2. The van der Waals surface area contributed by atoms with Crippen LogP contribution in [0.3, 0.4) is 0 Å². The van der Waals surface area contributed by atoms with E-state index in [2.05, 4.69) is 13.8 Å². The number of fused-ring (bicyclic) bond motifs is 3. The number of methoxy groups -OCH3 is 1. The van der Waals surface area contributed by atoms with E-state index >= 15 is 0 Å². The van der Waals surface area contributed by atoms with Crippen molar-refractivity contribution < 1.29 is 14.2 Å². The van der Waals surface area contributed by atoms with Crippen LogP contribution >= 0.6 is 0 Å². The lowest BCUT2D eigenvalue weighted by molar-refractivity contribution is -0.116. The number of hydrogen-bond donors (Lipinski definition) is 0. The van der Waals surface area contributed by atoms with Gasteiger partial charge in [0, 0.05) is 18.1 Å². The van der Waals surface area contributed by atoms with Gasteiger partial charge in [0.1, 0.15) is 17.1 Å². The van der Waals surface area contributed by atoms with Crippen molar-refractivity contribution in [1.82, 2.24) is 0 Å². The maximum Gasteiger partial charge on any atom is 0.126 e. The van der Waals surface area contributed by atoms with Crippen LogP contribution < -0.4 is 9.47 Å². The van der Waals surface area contributed by atoms with Crippen molar-refractivity contribution in [1.29, 1.82) is 0 Å². The molecule has 1 saturated heterocycles. The molecule has 0 unspecified atom stereocenters. The van der Waals surface area contributed by atoms with Gasteiger partial charge in [0.05, 0.1) is 13.2 Å². The van der Waals surface area contributed by atoms with E-state index in [0.29, 0.717) is 5.92 Å². The van der Waals surface area contributed by atoms with E-state index < -0.39 is 0 Å². The van der Waals surface area contributed by atoms with Crippen molar-refractivity contribution in [2.24, 2.45) is 5.92 Å². The summed E-state index contributed by atoms with van der Waals surface area (Å²) in [6.45, 7) is 5.16. The van der Waals surface area contributed by atoms with Crippen molar-refractivity contribution >= 4 is 0 Å². The van der Waals surface area contributed by atoms with Crippen molar-refractivity contribution in [3.63, 3.8) is 0 Å². The van der Waals surface area contributed by atoms with E-state index in [1.54, 1.807) is 7.11 Å². The fourth-order valence-corrected chi connectivity index (χ4v) is 3.13. The molecule has 98 valence electrons. The first kappa shape index (κ1) is 11.8. The second-order valence-electron chi connectivity index (χ2n) is 5.65. The highest BCUT2D eigenvalue weighted by molar-refractivity contribution is 5.44. The molecule has 0 aromatic heterocycles. The van der Waals surface area contributed by atoms with Crippen molar-refractivity contribution in [3.8, 4) is 11.5 Å². The Bertz CT molecular complexity index is 453. The number of benzene rings is 1. The molecule has 0 spiro atoms. The van der Waals surface area contributed by atoms with E-state index in [1.807, 2.05) is 18.2 Å². The molecule has 2 aliphatic heterocycles. The van der Waals surface area contributed by atoms with Crippen LogP contribution in [0.15, 0.2) is 18.2 Å². The van der Waals surface area contributed by atoms with Gasteiger partial charge in [-0.1, -0.05) is 0 Å². The van der Waals surface area contributed by atoms with Crippen molar-refractivity contribution in [2.75, 3.05) is 13.7 Å². The molecule has 18 heavy (non-hydrogen) atoms. The van der Waals surface area contributed by atoms with Gasteiger partial charge in [-0.3, -0.25) is 0 Å². The highest BCUT2D eigenvalue weighted by atomic mass is 16.5. The summed E-state index contributed by atoms with van der Waals surface area (Å²) in [4.78, 5) is 0. The molecule has 0 amide bonds. The van der Waals surface area contributed by atoms with E-state index in [9.17, 15) is 0 Å². The molecule has 3 nitrogen and oxygen atoms in total. The smallest absolute Gasteiger partial charge is 0.126 e. The molecule has 3 heteroatoms. The quantitative estimate of drug-likeness (QED) is 0.763. The van der Waals surface area contributed by atoms with Crippen LogP contribution in [0.1, 0.15) is 38.4 Å². The second-order valence-corrected chi connectivity index (χ2v) is 5.65. The van der Waals surface area contributed by atoms with Crippen LogP contribution in [0.5, 0.6) is 11.5 Å². The van der Waals surface area contributed by atoms with Gasteiger partial charge in [-0.2, -0.15) is 0 Å². The average molecular weight is 248 g/mol. The Morgan fingerprint density at radius 2 is 2.17 bits per heavy atom. The van der Waals surface area contributed by atoms with E-state index in [-0.39, 0.29) is 11.7 Å². The minimum absolute atomic E-state index is 0.146. The molecule has 3 rings (SSSR count). The van der Waals surface area contributed by atoms with Crippen LogP contribution in [0, 0.1) is 5.92 Å². The number of ether oxygens (including phenoxy) is 3. The topological polar surface area (TPSA) is 27.7 Å². The molecular formula is C15H20O3. The summed E-state index contributed by atoms with van der Waals surface area (Å²) in [7, 11) is 1.69. The molecule has 0 saturated carbocycles. The molecule has 1 aromatic rings. The van der Waals surface area contributed by atoms with Crippen LogP contribution in [-0.4, -0.2) is 19.3 Å². The number of hydrogen-bond acceptors (Lipinski definition) is 3. The third kappa shape index (κ3) is 1.77. The Morgan fingerprint density at radius 1 is 1.33 bits per heavy atom. The lowest BCUT2D eigenvalue weighted by Gasteiger charge is -2.47. The van der Waals surface area contributed by atoms with Gasteiger partial charge in [-0.05, 0) is 44.9 Å². The lowest BCUT2D eigenvalue weighted by Crippen LogP contribution is -2.47. The summed E-state index contributed by atoms with van der Waals surface area (Å²) in [5.41, 5.74) is 0.977. The SMILES string of the molecule is COc1ccc2c(c1)[C@@H]1OCCC[C@H]1C(C)(C)O2. The Morgan fingerprint density at radius 3 is 2.94 bits per heavy atom. The van der Waals surface area contributed by atoms with Crippen LogP contribution in [0.25, 0.3) is 0 Å². The Balaban J connectivity index is 2.06. The Kier molecular flexibility index (Phi) is 2.74. The second kappa shape index (κ2) is 4.16. The maximum absolute atomic E-state index is 6.15. The van der Waals surface area contributed by atoms with Crippen molar-refractivity contribution in [2.45, 2.75) is 38.4 Å². The summed E-state index contributed by atoms with van der Waals surface area (Å²) in [5.74, 6) is 2.22. The first-order chi connectivity index (χ1) is 8.62. The van der Waals surface area contributed by atoms with Gasteiger partial charge in [0.2, 0.25) is 0 Å². The Hall–Kier alpha value is -1.22. The zero-order valence-corrected chi connectivity index (χ0v) is 11.2. The van der Waals surface area contributed by atoms with E-state index in [4.69, 9.17) is 14.2 Å². The summed E-state index contributed by atoms with van der Waals surface area (Å²) >= 11 is 0. The summed E-state index contributed by atoms with van der Waals surface area (Å²) in [6.07, 6.45) is 2.43. The van der Waals surface area contributed by atoms with Gasteiger partial charge >= 0.3 is 0 Å². The largest absolute Gasteiger partial charge is 0.497 e. The minimum Gasteiger partial charge on any atom is -0.497 e. The predicted molar refractivity (Wildman–Crippen MR) is 69.1 cm³/mol. The molecule has 2 atom stereocenters. The van der Waals surface area contributed by atoms with Crippen molar-refractivity contribution in [3.05, 3.63) is 23.8 Å². The van der Waals surface area contributed by atoms with Gasteiger partial charge in [-0.25, -0.2) is 0 Å². The first-order valence-electron chi connectivity index (χ1n) is 6.60. The van der Waals surface area contributed by atoms with E-state index in [1.165, 1.54) is 0 Å². The monoisotopic (exact) mass is 248 g/mol. The fraction of sp³-hybridized carbons (Fsp3) is 0.600. The standard InChI is InChI=1S/C15H20O3/c1-15(2)12-5-4-8-17-14(12)11-9-10(16-3)6-7-13(11)18-15/h6-7,9,12,14H,4-5,8H2,1-3H3/t12-,14+/m1/s1. The highest BCUT2D eigenvalue weighted by Gasteiger charge is 2.45. The van der Waals surface area contributed by atoms with Gasteiger partial charge in [-0.15, -0.1) is 0 Å². The van der Waals surface area contributed by atoms with Gasteiger partial charge in [0.15, 0.2) is 0 Å². The normalized spacial score (nSPS) is 28.8.